The Morgan fingerprint density at radius 1 is 1.06 bits per heavy atom. The molecule has 3 nitrogen and oxygen atoms in total. The molecule has 1 aliphatic rings. The Morgan fingerprint density at radius 3 is 1.83 bits per heavy atom. The molecule has 3 heteroatoms. The molecule has 1 aliphatic heterocycles. The monoisotopic (exact) mass is 256 g/mol. The third-order valence-electron chi connectivity index (χ3n) is 4.25. The van der Waals surface area contributed by atoms with E-state index in [0.29, 0.717) is 0 Å². The van der Waals surface area contributed by atoms with E-state index in [1.54, 1.807) is 0 Å². The van der Waals surface area contributed by atoms with Gasteiger partial charge in [-0.1, -0.05) is 13.8 Å². The molecule has 0 aromatic heterocycles. The standard InChI is InChI=1S/C15H32N2O/c1-7-15(8-2,9-16)12-17-10-13(3,4)18-14(5,6)11-17/h7-12,16H2,1-6H3. The van der Waals surface area contributed by atoms with Crippen LogP contribution in [-0.4, -0.2) is 42.3 Å². The lowest BCUT2D eigenvalue weighted by atomic mass is 9.81. The molecule has 18 heavy (non-hydrogen) atoms. The van der Waals surface area contributed by atoms with E-state index in [-0.39, 0.29) is 16.6 Å². The van der Waals surface area contributed by atoms with Gasteiger partial charge in [0.15, 0.2) is 0 Å². The number of hydrogen-bond donors (Lipinski definition) is 1. The Bertz CT molecular complexity index is 245. The maximum Gasteiger partial charge on any atom is 0.0760 e. The van der Waals surface area contributed by atoms with Crippen LogP contribution in [-0.2, 0) is 4.74 Å². The molecule has 0 saturated carbocycles. The normalized spacial score (nSPS) is 24.2. The van der Waals surface area contributed by atoms with Crippen molar-refractivity contribution in [3.63, 3.8) is 0 Å². The molecule has 2 N–H and O–H groups in total. The van der Waals surface area contributed by atoms with Crippen LogP contribution < -0.4 is 5.73 Å². The van der Waals surface area contributed by atoms with E-state index in [0.717, 1.165) is 39.0 Å². The van der Waals surface area contributed by atoms with Gasteiger partial charge in [-0.05, 0) is 52.5 Å². The highest BCUT2D eigenvalue weighted by Crippen LogP contribution is 2.32. The first-order valence-electron chi connectivity index (χ1n) is 7.30. The summed E-state index contributed by atoms with van der Waals surface area (Å²) in [5.74, 6) is 0. The van der Waals surface area contributed by atoms with Gasteiger partial charge >= 0.3 is 0 Å². The van der Waals surface area contributed by atoms with Gasteiger partial charge in [0.2, 0.25) is 0 Å². The van der Waals surface area contributed by atoms with Crippen LogP contribution in [0.4, 0.5) is 0 Å². The highest BCUT2D eigenvalue weighted by molar-refractivity contribution is 4.92. The predicted molar refractivity (Wildman–Crippen MR) is 77.8 cm³/mol. The van der Waals surface area contributed by atoms with E-state index in [1.807, 2.05) is 0 Å². The van der Waals surface area contributed by atoms with E-state index < -0.39 is 0 Å². The highest BCUT2D eigenvalue weighted by Gasteiger charge is 2.40. The lowest BCUT2D eigenvalue weighted by molar-refractivity contribution is -0.184. The summed E-state index contributed by atoms with van der Waals surface area (Å²) in [4.78, 5) is 2.54. The van der Waals surface area contributed by atoms with Gasteiger partial charge < -0.3 is 10.5 Å². The van der Waals surface area contributed by atoms with Crippen LogP contribution in [0.1, 0.15) is 54.4 Å². The molecule has 0 amide bonds. The SMILES string of the molecule is CCC(CC)(CN)CN1CC(C)(C)OC(C)(C)C1. The second kappa shape index (κ2) is 5.48. The van der Waals surface area contributed by atoms with E-state index in [4.69, 9.17) is 10.5 Å². The molecular formula is C15H32N2O. The van der Waals surface area contributed by atoms with Crippen LogP contribution in [0.25, 0.3) is 0 Å². The topological polar surface area (TPSA) is 38.5 Å². The summed E-state index contributed by atoms with van der Waals surface area (Å²) in [6.07, 6.45) is 2.30. The van der Waals surface area contributed by atoms with Crippen LogP contribution in [0.5, 0.6) is 0 Å². The lowest BCUT2D eigenvalue weighted by Crippen LogP contribution is -2.59. The largest absolute Gasteiger partial charge is 0.367 e. The molecule has 0 aliphatic carbocycles. The lowest BCUT2D eigenvalue weighted by Gasteiger charge is -2.49. The van der Waals surface area contributed by atoms with Gasteiger partial charge in [-0.25, -0.2) is 0 Å². The van der Waals surface area contributed by atoms with Crippen LogP contribution in [0.3, 0.4) is 0 Å². The highest BCUT2D eigenvalue weighted by atomic mass is 16.5. The van der Waals surface area contributed by atoms with Crippen molar-refractivity contribution >= 4 is 0 Å². The molecule has 0 aromatic carbocycles. The number of hydrogen-bond acceptors (Lipinski definition) is 3. The summed E-state index contributed by atoms with van der Waals surface area (Å²) in [5.41, 5.74) is 6.16. The first-order chi connectivity index (χ1) is 8.17. The first-order valence-corrected chi connectivity index (χ1v) is 7.30. The first kappa shape index (κ1) is 15.9. The third-order valence-corrected chi connectivity index (χ3v) is 4.25. The Balaban J connectivity index is 2.77. The van der Waals surface area contributed by atoms with Gasteiger partial charge in [-0.2, -0.15) is 0 Å². The quantitative estimate of drug-likeness (QED) is 0.822. The van der Waals surface area contributed by atoms with Crippen molar-refractivity contribution in [2.45, 2.75) is 65.6 Å². The third kappa shape index (κ3) is 3.94. The number of nitrogens with zero attached hydrogens (tertiary/aromatic N) is 1. The fourth-order valence-corrected chi connectivity index (χ4v) is 3.36. The van der Waals surface area contributed by atoms with Gasteiger partial charge in [0, 0.05) is 19.6 Å². The molecule has 1 saturated heterocycles. The van der Waals surface area contributed by atoms with Crippen LogP contribution in [0.2, 0.25) is 0 Å². The summed E-state index contributed by atoms with van der Waals surface area (Å²) in [7, 11) is 0. The Kier molecular flexibility index (Phi) is 4.85. The minimum Gasteiger partial charge on any atom is -0.367 e. The Morgan fingerprint density at radius 2 is 1.50 bits per heavy atom. The molecule has 108 valence electrons. The van der Waals surface area contributed by atoms with Crippen molar-refractivity contribution in [3.8, 4) is 0 Å². The minimum absolute atomic E-state index is 0.0659. The zero-order valence-electron chi connectivity index (χ0n) is 13.2. The molecule has 0 radical (unpaired) electrons. The summed E-state index contributed by atoms with van der Waals surface area (Å²) < 4.78 is 6.13. The number of rotatable bonds is 5. The molecule has 0 atom stereocenters. The van der Waals surface area contributed by atoms with Crippen molar-refractivity contribution in [2.24, 2.45) is 11.1 Å². The molecule has 0 spiro atoms. The number of morpholine rings is 1. The van der Waals surface area contributed by atoms with Crippen molar-refractivity contribution < 1.29 is 4.74 Å². The van der Waals surface area contributed by atoms with E-state index in [2.05, 4.69) is 46.4 Å². The summed E-state index contributed by atoms with van der Waals surface area (Å²) in [6, 6.07) is 0. The maximum atomic E-state index is 6.13. The van der Waals surface area contributed by atoms with E-state index in [1.165, 1.54) is 0 Å². The molecule has 0 aromatic rings. The average molecular weight is 256 g/mol. The number of ether oxygens (including phenoxy) is 1. The zero-order chi connectivity index (χ0) is 14.0. The zero-order valence-corrected chi connectivity index (χ0v) is 13.2. The van der Waals surface area contributed by atoms with Crippen molar-refractivity contribution in [1.82, 2.24) is 4.90 Å². The minimum atomic E-state index is -0.0659. The van der Waals surface area contributed by atoms with Gasteiger partial charge in [0.05, 0.1) is 11.2 Å². The molecule has 0 unspecified atom stereocenters. The van der Waals surface area contributed by atoms with Crippen LogP contribution in [0.15, 0.2) is 0 Å². The number of nitrogens with two attached hydrogens (primary N) is 1. The maximum absolute atomic E-state index is 6.13. The van der Waals surface area contributed by atoms with Gasteiger partial charge in [0.25, 0.3) is 0 Å². The molecule has 0 bridgehead atoms. The fourth-order valence-electron chi connectivity index (χ4n) is 3.36. The Hall–Kier alpha value is -0.120. The summed E-state index contributed by atoms with van der Waals surface area (Å²) >= 11 is 0. The van der Waals surface area contributed by atoms with Crippen LogP contribution in [0, 0.1) is 5.41 Å². The van der Waals surface area contributed by atoms with Crippen LogP contribution >= 0.6 is 0 Å². The van der Waals surface area contributed by atoms with Crippen molar-refractivity contribution in [3.05, 3.63) is 0 Å². The Labute approximate surface area is 113 Å². The molecule has 1 rings (SSSR count). The molecular weight excluding hydrogens is 224 g/mol. The van der Waals surface area contributed by atoms with E-state index >= 15 is 0 Å². The van der Waals surface area contributed by atoms with Crippen molar-refractivity contribution in [1.29, 1.82) is 0 Å². The average Bonchev–Trinajstić information content (AvgIpc) is 2.22. The smallest absolute Gasteiger partial charge is 0.0760 e. The molecule has 1 heterocycles. The van der Waals surface area contributed by atoms with Gasteiger partial charge in [0.1, 0.15) is 0 Å². The van der Waals surface area contributed by atoms with Gasteiger partial charge in [-0.3, -0.25) is 4.90 Å². The van der Waals surface area contributed by atoms with Gasteiger partial charge in [-0.15, -0.1) is 0 Å². The second-order valence-corrected chi connectivity index (χ2v) is 7.18. The molecule has 1 fully saturated rings. The summed E-state index contributed by atoms with van der Waals surface area (Å²) in [6.45, 7) is 17.1. The predicted octanol–water partition coefficient (Wildman–Crippen LogP) is 2.64. The summed E-state index contributed by atoms with van der Waals surface area (Å²) in [5, 5.41) is 0. The van der Waals surface area contributed by atoms with Crippen molar-refractivity contribution in [2.75, 3.05) is 26.2 Å². The second-order valence-electron chi connectivity index (χ2n) is 7.18. The fraction of sp³-hybridized carbons (Fsp3) is 1.00. The van der Waals surface area contributed by atoms with E-state index in [9.17, 15) is 0 Å².